The second kappa shape index (κ2) is 9.82. The van der Waals surface area contributed by atoms with Gasteiger partial charge in [0.2, 0.25) is 0 Å². The van der Waals surface area contributed by atoms with Gasteiger partial charge in [-0.1, -0.05) is 13.0 Å². The van der Waals surface area contributed by atoms with Gasteiger partial charge in [-0.15, -0.1) is 11.3 Å². The fraction of sp³-hybridized carbons (Fsp3) is 0.348. The zero-order valence-electron chi connectivity index (χ0n) is 17.9. The molecule has 0 aliphatic carbocycles. The van der Waals surface area contributed by atoms with Gasteiger partial charge in [-0.25, -0.2) is 4.98 Å². The summed E-state index contributed by atoms with van der Waals surface area (Å²) in [6.45, 7) is 6.84. The summed E-state index contributed by atoms with van der Waals surface area (Å²) in [7, 11) is 1.85. The number of thiazole rings is 1. The van der Waals surface area contributed by atoms with Gasteiger partial charge in [0.05, 0.1) is 17.3 Å². The largest absolute Gasteiger partial charge is 0.351 e. The maximum atomic E-state index is 12.6. The van der Waals surface area contributed by atoms with E-state index >= 15 is 0 Å². The Morgan fingerprint density at radius 3 is 2.60 bits per heavy atom. The summed E-state index contributed by atoms with van der Waals surface area (Å²) in [5.41, 5.74) is 3.98. The number of likely N-dealkylation sites (N-methyl/N-ethyl adjacent to an activating group) is 1. The van der Waals surface area contributed by atoms with Crippen LogP contribution in [0.15, 0.2) is 42.5 Å². The number of anilines is 1. The Morgan fingerprint density at radius 2 is 1.90 bits per heavy atom. The van der Waals surface area contributed by atoms with Gasteiger partial charge in [0, 0.05) is 17.8 Å². The molecule has 0 fully saturated rings. The Balaban J connectivity index is 1.61. The van der Waals surface area contributed by atoms with Crippen LogP contribution < -0.4 is 15.5 Å². The minimum absolute atomic E-state index is 0.0376. The van der Waals surface area contributed by atoms with Crippen molar-refractivity contribution >= 4 is 39.1 Å². The van der Waals surface area contributed by atoms with Crippen molar-refractivity contribution in [3.8, 4) is 10.6 Å². The Hall–Kier alpha value is -2.77. The Kier molecular flexibility index (Phi) is 7.18. The second-order valence-electron chi connectivity index (χ2n) is 7.65. The maximum Gasteiger partial charge on any atom is 0.282 e. The highest BCUT2D eigenvalue weighted by Gasteiger charge is 2.23. The van der Waals surface area contributed by atoms with E-state index in [-0.39, 0.29) is 24.4 Å². The third kappa shape index (κ3) is 5.43. The van der Waals surface area contributed by atoms with Gasteiger partial charge < -0.3 is 15.5 Å². The number of nitrogens with zero attached hydrogens (tertiary/aromatic N) is 1. The first-order valence-electron chi connectivity index (χ1n) is 10.2. The molecule has 0 spiro atoms. The highest BCUT2D eigenvalue weighted by atomic mass is 32.1. The van der Waals surface area contributed by atoms with Crippen LogP contribution in [0.25, 0.3) is 20.8 Å². The molecular weight excluding hydrogens is 396 g/mol. The van der Waals surface area contributed by atoms with E-state index in [1.807, 2.05) is 51.2 Å². The van der Waals surface area contributed by atoms with Crippen molar-refractivity contribution in [1.29, 1.82) is 0 Å². The van der Waals surface area contributed by atoms with Crippen molar-refractivity contribution in [1.82, 2.24) is 10.3 Å². The van der Waals surface area contributed by atoms with Crippen LogP contribution in [0, 0.1) is 6.92 Å². The number of carbonyl (C=O) groups excluding carboxylic acids is 2. The number of nitrogens with one attached hydrogen (secondary N) is 3. The Labute approximate surface area is 181 Å². The van der Waals surface area contributed by atoms with Crippen molar-refractivity contribution in [2.75, 3.05) is 25.5 Å². The van der Waals surface area contributed by atoms with Crippen LogP contribution in [0.5, 0.6) is 0 Å². The lowest BCUT2D eigenvalue weighted by Gasteiger charge is -2.20. The van der Waals surface area contributed by atoms with Gasteiger partial charge in [0.15, 0.2) is 12.6 Å². The van der Waals surface area contributed by atoms with Crippen molar-refractivity contribution < 1.29 is 14.5 Å². The monoisotopic (exact) mass is 425 g/mol. The summed E-state index contributed by atoms with van der Waals surface area (Å²) in [4.78, 5) is 30.0. The Morgan fingerprint density at radius 1 is 1.17 bits per heavy atom. The fourth-order valence-electron chi connectivity index (χ4n) is 3.06. The normalized spacial score (nSPS) is 13.1. The van der Waals surface area contributed by atoms with Crippen LogP contribution in [0.3, 0.4) is 0 Å². The molecule has 3 N–H and O–H groups in total. The molecule has 158 valence electrons. The number of fused-ring (bicyclic) bond motifs is 1. The van der Waals surface area contributed by atoms with E-state index in [1.165, 1.54) is 10.3 Å². The van der Waals surface area contributed by atoms with Gasteiger partial charge >= 0.3 is 0 Å². The van der Waals surface area contributed by atoms with E-state index in [4.69, 9.17) is 4.98 Å². The number of rotatable bonds is 8. The lowest BCUT2D eigenvalue weighted by atomic mass is 10.2. The van der Waals surface area contributed by atoms with E-state index in [2.05, 4.69) is 29.7 Å². The van der Waals surface area contributed by atoms with Crippen LogP contribution in [0.2, 0.25) is 0 Å². The zero-order valence-corrected chi connectivity index (χ0v) is 18.7. The zero-order chi connectivity index (χ0) is 21.7. The van der Waals surface area contributed by atoms with Crippen LogP contribution in [0.1, 0.15) is 25.8 Å². The van der Waals surface area contributed by atoms with E-state index < -0.39 is 0 Å². The molecule has 0 saturated carbocycles. The summed E-state index contributed by atoms with van der Waals surface area (Å²) in [5, 5.41) is 6.75. The van der Waals surface area contributed by atoms with E-state index in [0.717, 1.165) is 33.1 Å². The highest BCUT2D eigenvalue weighted by molar-refractivity contribution is 7.21. The molecule has 6 nitrogen and oxygen atoms in total. The Bertz CT molecular complexity index is 1030. The number of quaternary nitrogens is 1. The van der Waals surface area contributed by atoms with Crippen molar-refractivity contribution in [2.45, 2.75) is 33.2 Å². The van der Waals surface area contributed by atoms with Gasteiger partial charge in [-0.05, 0) is 62.2 Å². The lowest BCUT2D eigenvalue weighted by molar-refractivity contribution is -0.885. The van der Waals surface area contributed by atoms with Crippen LogP contribution in [-0.4, -0.2) is 43.0 Å². The molecule has 2 amide bonds. The van der Waals surface area contributed by atoms with E-state index in [9.17, 15) is 9.59 Å². The van der Waals surface area contributed by atoms with Crippen molar-refractivity contribution in [3.63, 3.8) is 0 Å². The lowest BCUT2D eigenvalue weighted by Crippen LogP contribution is -3.15. The third-order valence-electron chi connectivity index (χ3n) is 5.09. The molecule has 0 aliphatic rings. The predicted molar refractivity (Wildman–Crippen MR) is 123 cm³/mol. The van der Waals surface area contributed by atoms with E-state index in [0.29, 0.717) is 6.54 Å². The van der Waals surface area contributed by atoms with Crippen LogP contribution >= 0.6 is 11.3 Å². The predicted octanol–water partition coefficient (Wildman–Crippen LogP) is 2.64. The molecule has 3 aromatic rings. The average molecular weight is 426 g/mol. The molecule has 7 heteroatoms. The minimum Gasteiger partial charge on any atom is -0.351 e. The number of aryl methyl sites for hydroxylation is 1. The highest BCUT2D eigenvalue weighted by Crippen LogP contribution is 2.31. The van der Waals surface area contributed by atoms with Gasteiger partial charge in [0.25, 0.3) is 11.8 Å². The SMILES string of the molecule is CCCNC(=O)C[NH+](C)[C@H](C)C(=O)Nc1ccc(-c2nc3ccc(C)cc3s2)cc1. The average Bonchev–Trinajstić information content (AvgIpc) is 3.15. The summed E-state index contributed by atoms with van der Waals surface area (Å²) in [6, 6.07) is 13.6. The molecule has 1 unspecified atom stereocenters. The van der Waals surface area contributed by atoms with E-state index in [1.54, 1.807) is 11.3 Å². The molecular formula is C23H29N4O2S+. The number of benzene rings is 2. The maximum absolute atomic E-state index is 12.6. The molecule has 0 aliphatic heterocycles. The molecule has 1 aromatic heterocycles. The van der Waals surface area contributed by atoms with Crippen LogP contribution in [-0.2, 0) is 9.59 Å². The molecule has 2 atom stereocenters. The van der Waals surface area contributed by atoms with Crippen molar-refractivity contribution in [3.05, 3.63) is 48.0 Å². The number of carbonyl (C=O) groups is 2. The molecule has 3 rings (SSSR count). The summed E-state index contributed by atoms with van der Waals surface area (Å²) in [5.74, 6) is -0.150. The first kappa shape index (κ1) is 21.9. The number of hydrogen-bond acceptors (Lipinski definition) is 4. The van der Waals surface area contributed by atoms with Crippen molar-refractivity contribution in [2.24, 2.45) is 0 Å². The number of aromatic nitrogens is 1. The van der Waals surface area contributed by atoms with Gasteiger partial charge in [-0.3, -0.25) is 9.59 Å². The topological polar surface area (TPSA) is 75.5 Å². The van der Waals surface area contributed by atoms with Crippen LogP contribution in [0.4, 0.5) is 5.69 Å². The molecule has 30 heavy (non-hydrogen) atoms. The molecule has 1 heterocycles. The molecule has 0 bridgehead atoms. The molecule has 2 aromatic carbocycles. The number of hydrogen-bond donors (Lipinski definition) is 3. The summed E-state index contributed by atoms with van der Waals surface area (Å²) >= 11 is 1.66. The molecule has 0 saturated heterocycles. The van der Waals surface area contributed by atoms with Gasteiger partial charge in [0.1, 0.15) is 5.01 Å². The molecule has 0 radical (unpaired) electrons. The smallest absolute Gasteiger partial charge is 0.282 e. The fourth-order valence-corrected chi connectivity index (χ4v) is 4.13. The van der Waals surface area contributed by atoms with Gasteiger partial charge in [-0.2, -0.15) is 0 Å². The second-order valence-corrected chi connectivity index (χ2v) is 8.68. The third-order valence-corrected chi connectivity index (χ3v) is 6.15. The summed E-state index contributed by atoms with van der Waals surface area (Å²) < 4.78 is 1.17. The quantitative estimate of drug-likeness (QED) is 0.519. The number of amides is 2. The first-order chi connectivity index (χ1) is 14.4. The first-order valence-corrected chi connectivity index (χ1v) is 11.1. The standard InChI is InChI=1S/C23H28N4O2S/c1-5-12-24-21(28)14-27(4)16(3)22(29)25-18-9-7-17(8-10-18)23-26-19-11-6-15(2)13-20(19)30-23/h6-11,13,16H,5,12,14H2,1-4H3,(H,24,28)(H,25,29)/p+1/t16-/m1/s1. The minimum atomic E-state index is -0.343. The summed E-state index contributed by atoms with van der Waals surface area (Å²) in [6.07, 6.45) is 0.896.